The molecule has 0 bridgehead atoms. The third-order valence-electron chi connectivity index (χ3n) is 2.60. The van der Waals surface area contributed by atoms with E-state index in [4.69, 9.17) is 54.1 Å². The molecule has 0 aromatic rings. The Morgan fingerprint density at radius 1 is 1.18 bits per heavy atom. The van der Waals surface area contributed by atoms with Crippen LogP contribution < -0.4 is 0 Å². The topological polar surface area (TPSA) is 88.4 Å². The Bertz CT molecular complexity index is 285. The van der Waals surface area contributed by atoms with Gasteiger partial charge in [-0.05, 0) is 0 Å². The Hall–Kier alpha value is 0.630. The zero-order valence-electron chi connectivity index (χ0n) is 8.37. The molecule has 100 valence electrons. The summed E-state index contributed by atoms with van der Waals surface area (Å²) in [5.41, 5.74) is 0. The first-order valence-corrected chi connectivity index (χ1v) is 5.98. The maximum atomic E-state index is 9.81. The van der Waals surface area contributed by atoms with E-state index in [0.717, 1.165) is 0 Å². The van der Waals surface area contributed by atoms with Crippen molar-refractivity contribution in [1.82, 2.24) is 0 Å². The van der Waals surface area contributed by atoms with E-state index < -0.39 is 47.4 Å². The van der Waals surface area contributed by atoms with E-state index >= 15 is 0 Å². The van der Waals surface area contributed by atoms with Crippen LogP contribution >= 0.6 is 34.8 Å². The largest absolute Gasteiger partial charge is 0.394 e. The van der Waals surface area contributed by atoms with Gasteiger partial charge < -0.3 is 29.5 Å². The molecule has 2 fully saturated rings. The maximum absolute atomic E-state index is 9.81. The number of alkyl halides is 3. The molecule has 9 heteroatoms. The van der Waals surface area contributed by atoms with Crippen molar-refractivity contribution in [2.24, 2.45) is 0 Å². The van der Waals surface area contributed by atoms with Crippen LogP contribution in [0.1, 0.15) is 0 Å². The van der Waals surface area contributed by atoms with Crippen LogP contribution in [0.5, 0.6) is 0 Å². The molecule has 0 radical (unpaired) electrons. The smallest absolute Gasteiger partial charge is 0.241 e. The van der Waals surface area contributed by atoms with Gasteiger partial charge in [-0.25, -0.2) is 0 Å². The lowest BCUT2D eigenvalue weighted by atomic mass is 10.1. The average Bonchev–Trinajstić information content (AvgIpc) is 2.77. The first-order chi connectivity index (χ1) is 7.84. The van der Waals surface area contributed by atoms with Crippen LogP contribution in [-0.4, -0.2) is 62.7 Å². The monoisotopic (exact) mass is 308 g/mol. The lowest BCUT2D eigenvalue weighted by Gasteiger charge is -2.24. The second kappa shape index (κ2) is 4.96. The molecule has 0 aromatic heterocycles. The molecule has 1 unspecified atom stereocenters. The van der Waals surface area contributed by atoms with Crippen molar-refractivity contribution in [1.29, 1.82) is 0 Å². The van der Waals surface area contributed by atoms with Crippen molar-refractivity contribution in [2.45, 2.75) is 40.8 Å². The number of fused-ring (bicyclic) bond motifs is 1. The van der Waals surface area contributed by atoms with Crippen molar-refractivity contribution in [2.75, 3.05) is 6.61 Å². The van der Waals surface area contributed by atoms with Gasteiger partial charge in [-0.2, -0.15) is 0 Å². The Balaban J connectivity index is 2.01. The van der Waals surface area contributed by atoms with Gasteiger partial charge in [-0.1, -0.05) is 34.8 Å². The van der Waals surface area contributed by atoms with Gasteiger partial charge in [0, 0.05) is 0 Å². The van der Waals surface area contributed by atoms with Crippen molar-refractivity contribution in [3.63, 3.8) is 0 Å². The highest BCUT2D eigenvalue weighted by molar-refractivity contribution is 6.67. The van der Waals surface area contributed by atoms with Crippen LogP contribution in [0.3, 0.4) is 0 Å². The normalized spacial score (nSPS) is 43.8. The lowest BCUT2D eigenvalue weighted by Crippen LogP contribution is -2.42. The van der Waals surface area contributed by atoms with Crippen molar-refractivity contribution in [3.05, 3.63) is 0 Å². The van der Waals surface area contributed by atoms with Gasteiger partial charge in [-0.15, -0.1) is 0 Å². The zero-order chi connectivity index (χ0) is 12.8. The fourth-order valence-electron chi connectivity index (χ4n) is 1.79. The van der Waals surface area contributed by atoms with Crippen LogP contribution in [0.2, 0.25) is 0 Å². The average molecular weight is 310 g/mol. The van der Waals surface area contributed by atoms with Gasteiger partial charge in [0.15, 0.2) is 6.29 Å². The molecule has 6 atom stereocenters. The van der Waals surface area contributed by atoms with Gasteiger partial charge in [0.25, 0.3) is 0 Å². The fourth-order valence-corrected chi connectivity index (χ4v) is 2.10. The zero-order valence-corrected chi connectivity index (χ0v) is 10.6. The highest BCUT2D eigenvalue weighted by Gasteiger charge is 2.57. The molecular weight excluding hydrogens is 298 g/mol. The number of aliphatic hydroxyl groups is 3. The molecule has 0 saturated carbocycles. The van der Waals surface area contributed by atoms with E-state index in [1.807, 2.05) is 0 Å². The van der Waals surface area contributed by atoms with Crippen molar-refractivity contribution < 1.29 is 29.5 Å². The molecule has 2 aliphatic rings. The molecule has 2 saturated heterocycles. The summed E-state index contributed by atoms with van der Waals surface area (Å²) in [5, 5.41) is 28.0. The summed E-state index contributed by atoms with van der Waals surface area (Å²) in [6.45, 7) is -0.547. The van der Waals surface area contributed by atoms with Gasteiger partial charge in [0.1, 0.15) is 24.4 Å². The third-order valence-corrected chi connectivity index (χ3v) is 3.14. The first kappa shape index (κ1) is 14.0. The Morgan fingerprint density at radius 2 is 1.82 bits per heavy atom. The molecule has 2 heterocycles. The minimum Gasteiger partial charge on any atom is -0.394 e. The minimum atomic E-state index is -1.79. The second-order valence-electron chi connectivity index (χ2n) is 3.82. The quantitative estimate of drug-likeness (QED) is 0.598. The molecule has 0 amide bonds. The predicted octanol–water partition coefficient (Wildman–Crippen LogP) is -0.463. The van der Waals surface area contributed by atoms with Gasteiger partial charge in [-0.3, -0.25) is 0 Å². The van der Waals surface area contributed by atoms with Crippen LogP contribution in [0, 0.1) is 0 Å². The van der Waals surface area contributed by atoms with Crippen LogP contribution in [-0.2, 0) is 14.2 Å². The lowest BCUT2D eigenvalue weighted by molar-refractivity contribution is -0.188. The summed E-state index contributed by atoms with van der Waals surface area (Å²) < 4.78 is 13.8. The van der Waals surface area contributed by atoms with Crippen LogP contribution in [0.25, 0.3) is 0 Å². The number of hydrogen-bond donors (Lipinski definition) is 3. The van der Waals surface area contributed by atoms with Gasteiger partial charge in [0.05, 0.1) is 6.61 Å². The van der Waals surface area contributed by atoms with E-state index in [2.05, 4.69) is 0 Å². The van der Waals surface area contributed by atoms with Crippen LogP contribution in [0.15, 0.2) is 0 Å². The SMILES string of the molecule is OC[C@@H](O)[C@H]1O[C@@H]2OC(C(Cl)(Cl)Cl)O[C@H]2[C@H]1O. The standard InChI is InChI=1S/C8H11Cl3O6/c9-8(10,11)7-16-5-3(14)4(2(13)1-12)15-6(5)17-7/h2-7,12-14H,1H2/t2-,3+,4-,5+,6-,7?/m1/s1. The Labute approximate surface area is 112 Å². The minimum absolute atomic E-state index is 0.547. The summed E-state index contributed by atoms with van der Waals surface area (Å²) >= 11 is 16.7. The highest BCUT2D eigenvalue weighted by atomic mass is 35.6. The summed E-state index contributed by atoms with van der Waals surface area (Å²) in [5.74, 6) is 0. The van der Waals surface area contributed by atoms with Crippen molar-refractivity contribution >= 4 is 34.8 Å². The summed E-state index contributed by atoms with van der Waals surface area (Å²) in [7, 11) is 0. The maximum Gasteiger partial charge on any atom is 0.241 e. The van der Waals surface area contributed by atoms with E-state index in [1.54, 1.807) is 0 Å². The van der Waals surface area contributed by atoms with Gasteiger partial charge in [0.2, 0.25) is 10.1 Å². The van der Waals surface area contributed by atoms with Crippen molar-refractivity contribution in [3.8, 4) is 0 Å². The highest BCUT2D eigenvalue weighted by Crippen LogP contribution is 2.42. The molecule has 6 nitrogen and oxygen atoms in total. The summed E-state index contributed by atoms with van der Waals surface area (Å²) in [6.07, 6.45) is -6.33. The fraction of sp³-hybridized carbons (Fsp3) is 1.00. The molecular formula is C8H11Cl3O6. The number of hydrogen-bond acceptors (Lipinski definition) is 6. The molecule has 0 aromatic carbocycles. The number of ether oxygens (including phenoxy) is 3. The molecule has 0 aliphatic carbocycles. The first-order valence-electron chi connectivity index (χ1n) is 4.84. The van der Waals surface area contributed by atoms with E-state index in [1.165, 1.54) is 0 Å². The molecule has 2 rings (SSSR count). The third kappa shape index (κ3) is 2.65. The van der Waals surface area contributed by atoms with E-state index in [-0.39, 0.29) is 0 Å². The van der Waals surface area contributed by atoms with Gasteiger partial charge >= 0.3 is 0 Å². The summed E-state index contributed by atoms with van der Waals surface area (Å²) in [6, 6.07) is 0. The molecule has 2 aliphatic heterocycles. The second-order valence-corrected chi connectivity index (χ2v) is 6.19. The molecule has 17 heavy (non-hydrogen) atoms. The Morgan fingerprint density at radius 3 is 2.29 bits per heavy atom. The molecule has 0 spiro atoms. The number of aliphatic hydroxyl groups excluding tert-OH is 3. The number of rotatable bonds is 2. The number of halogens is 3. The molecule has 3 N–H and O–H groups in total. The van der Waals surface area contributed by atoms with E-state index in [9.17, 15) is 10.2 Å². The van der Waals surface area contributed by atoms with Crippen LogP contribution in [0.4, 0.5) is 0 Å². The van der Waals surface area contributed by atoms with E-state index in [0.29, 0.717) is 0 Å². The predicted molar refractivity (Wildman–Crippen MR) is 57.8 cm³/mol. The summed E-state index contributed by atoms with van der Waals surface area (Å²) in [4.78, 5) is 0. The Kier molecular flexibility index (Phi) is 4.10.